The fourth-order valence-corrected chi connectivity index (χ4v) is 1.69. The molecular formula is C13H11N5. The van der Waals surface area contributed by atoms with Gasteiger partial charge in [0.2, 0.25) is 0 Å². The number of hydrogen-bond acceptors (Lipinski definition) is 5. The number of benzene rings is 1. The summed E-state index contributed by atoms with van der Waals surface area (Å²) in [6.45, 7) is 0. The first-order chi connectivity index (χ1) is 8.81. The van der Waals surface area contributed by atoms with Crippen molar-refractivity contribution in [1.82, 2.24) is 15.0 Å². The number of fused-ring (bicyclic) bond motifs is 1. The summed E-state index contributed by atoms with van der Waals surface area (Å²) in [6, 6.07) is 11.2. The molecule has 3 N–H and O–H groups in total. The smallest absolute Gasteiger partial charge is 0.180 e. The van der Waals surface area contributed by atoms with Crippen LogP contribution in [0.1, 0.15) is 0 Å². The molecular weight excluding hydrogens is 226 g/mol. The monoisotopic (exact) mass is 237 g/mol. The van der Waals surface area contributed by atoms with Crippen LogP contribution < -0.4 is 11.1 Å². The molecule has 18 heavy (non-hydrogen) atoms. The van der Waals surface area contributed by atoms with Crippen LogP contribution in [0.3, 0.4) is 0 Å². The molecule has 5 nitrogen and oxygen atoms in total. The van der Waals surface area contributed by atoms with Crippen molar-refractivity contribution in [3.63, 3.8) is 0 Å². The first-order valence-electron chi connectivity index (χ1n) is 5.51. The van der Waals surface area contributed by atoms with E-state index in [0.29, 0.717) is 17.2 Å². The summed E-state index contributed by atoms with van der Waals surface area (Å²) in [7, 11) is 0. The Morgan fingerprint density at radius 1 is 1.00 bits per heavy atom. The minimum Gasteiger partial charge on any atom is -0.399 e. The average molecular weight is 237 g/mol. The Morgan fingerprint density at radius 2 is 1.89 bits per heavy atom. The number of aromatic nitrogens is 3. The van der Waals surface area contributed by atoms with Gasteiger partial charge in [-0.25, -0.2) is 9.97 Å². The summed E-state index contributed by atoms with van der Waals surface area (Å²) in [4.78, 5) is 12.7. The second kappa shape index (κ2) is 4.29. The van der Waals surface area contributed by atoms with Crippen LogP contribution in [0.25, 0.3) is 11.2 Å². The third-order valence-corrected chi connectivity index (χ3v) is 2.49. The first-order valence-corrected chi connectivity index (χ1v) is 5.51. The molecule has 0 saturated carbocycles. The lowest BCUT2D eigenvalue weighted by atomic mass is 10.3. The van der Waals surface area contributed by atoms with Crippen LogP contribution in [0.15, 0.2) is 48.8 Å². The Kier molecular flexibility index (Phi) is 2.49. The molecule has 5 heteroatoms. The molecule has 3 aromatic rings. The van der Waals surface area contributed by atoms with Crippen molar-refractivity contribution >= 4 is 28.4 Å². The molecule has 0 fully saturated rings. The third-order valence-electron chi connectivity index (χ3n) is 2.49. The van der Waals surface area contributed by atoms with Crippen LogP contribution in [0, 0.1) is 0 Å². The number of rotatable bonds is 2. The van der Waals surface area contributed by atoms with Gasteiger partial charge in [0.05, 0.1) is 0 Å². The number of anilines is 3. The van der Waals surface area contributed by atoms with Crippen molar-refractivity contribution in [2.45, 2.75) is 0 Å². The average Bonchev–Trinajstić information content (AvgIpc) is 2.39. The Labute approximate surface area is 104 Å². The number of nitrogen functional groups attached to an aromatic ring is 1. The van der Waals surface area contributed by atoms with E-state index in [1.807, 2.05) is 36.4 Å². The highest BCUT2D eigenvalue weighted by Crippen LogP contribution is 2.18. The molecule has 0 unspecified atom stereocenters. The van der Waals surface area contributed by atoms with Crippen LogP contribution in [-0.4, -0.2) is 15.0 Å². The SMILES string of the molecule is Nc1cccc(Nc2ccc3nccnc3n2)c1. The maximum absolute atomic E-state index is 5.72. The van der Waals surface area contributed by atoms with Crippen LogP contribution >= 0.6 is 0 Å². The molecule has 0 amide bonds. The van der Waals surface area contributed by atoms with Gasteiger partial charge in [0, 0.05) is 23.8 Å². The molecule has 3 rings (SSSR count). The van der Waals surface area contributed by atoms with Crippen LogP contribution in [0.2, 0.25) is 0 Å². The van der Waals surface area contributed by atoms with Gasteiger partial charge < -0.3 is 11.1 Å². The fourth-order valence-electron chi connectivity index (χ4n) is 1.69. The zero-order valence-corrected chi connectivity index (χ0v) is 9.54. The second-order valence-corrected chi connectivity index (χ2v) is 3.85. The lowest BCUT2D eigenvalue weighted by Gasteiger charge is -2.06. The van der Waals surface area contributed by atoms with Crippen LogP contribution in [0.4, 0.5) is 17.2 Å². The molecule has 1 aromatic carbocycles. The predicted molar refractivity (Wildman–Crippen MR) is 71.5 cm³/mol. The number of nitrogens with zero attached hydrogens (tertiary/aromatic N) is 3. The van der Waals surface area contributed by atoms with E-state index in [-0.39, 0.29) is 0 Å². The number of hydrogen-bond donors (Lipinski definition) is 2. The van der Waals surface area contributed by atoms with E-state index in [2.05, 4.69) is 20.3 Å². The molecule has 0 aliphatic rings. The molecule has 0 atom stereocenters. The van der Waals surface area contributed by atoms with Gasteiger partial charge >= 0.3 is 0 Å². The topological polar surface area (TPSA) is 76.7 Å². The number of nitrogens with one attached hydrogen (secondary N) is 1. The maximum Gasteiger partial charge on any atom is 0.180 e. The molecule has 0 aliphatic heterocycles. The van der Waals surface area contributed by atoms with Gasteiger partial charge in [-0.15, -0.1) is 0 Å². The summed E-state index contributed by atoms with van der Waals surface area (Å²) in [6.07, 6.45) is 3.27. The fraction of sp³-hybridized carbons (Fsp3) is 0. The zero-order valence-electron chi connectivity index (χ0n) is 9.54. The van der Waals surface area contributed by atoms with Gasteiger partial charge in [-0.2, -0.15) is 0 Å². The molecule has 0 spiro atoms. The molecule has 2 heterocycles. The molecule has 0 saturated heterocycles. The van der Waals surface area contributed by atoms with Crippen molar-refractivity contribution in [2.24, 2.45) is 0 Å². The summed E-state index contributed by atoms with van der Waals surface area (Å²) >= 11 is 0. The van der Waals surface area contributed by atoms with E-state index in [9.17, 15) is 0 Å². The summed E-state index contributed by atoms with van der Waals surface area (Å²) in [5, 5.41) is 3.18. The van der Waals surface area contributed by atoms with Gasteiger partial charge in [-0.1, -0.05) is 6.07 Å². The largest absolute Gasteiger partial charge is 0.399 e. The third kappa shape index (κ3) is 2.06. The maximum atomic E-state index is 5.72. The predicted octanol–water partition coefficient (Wildman–Crippen LogP) is 2.35. The van der Waals surface area contributed by atoms with E-state index >= 15 is 0 Å². The second-order valence-electron chi connectivity index (χ2n) is 3.85. The minimum absolute atomic E-state index is 0.617. The Balaban J connectivity index is 1.95. The van der Waals surface area contributed by atoms with Gasteiger partial charge in [-0.3, -0.25) is 4.98 Å². The van der Waals surface area contributed by atoms with E-state index in [1.165, 1.54) is 0 Å². The molecule has 0 bridgehead atoms. The normalized spacial score (nSPS) is 10.4. The lowest BCUT2D eigenvalue weighted by molar-refractivity contribution is 1.22. The van der Waals surface area contributed by atoms with Gasteiger partial charge in [0.25, 0.3) is 0 Å². The summed E-state index contributed by atoms with van der Waals surface area (Å²) in [5.74, 6) is 0.716. The Bertz CT molecular complexity index is 696. The highest BCUT2D eigenvalue weighted by molar-refractivity contribution is 5.73. The van der Waals surface area contributed by atoms with Crippen molar-refractivity contribution in [2.75, 3.05) is 11.1 Å². The number of pyridine rings is 1. The van der Waals surface area contributed by atoms with E-state index in [1.54, 1.807) is 12.4 Å². The van der Waals surface area contributed by atoms with Crippen molar-refractivity contribution in [3.8, 4) is 0 Å². The molecule has 0 aliphatic carbocycles. The van der Waals surface area contributed by atoms with E-state index < -0.39 is 0 Å². The van der Waals surface area contributed by atoms with Gasteiger partial charge in [0.15, 0.2) is 5.65 Å². The van der Waals surface area contributed by atoms with Crippen molar-refractivity contribution in [1.29, 1.82) is 0 Å². The van der Waals surface area contributed by atoms with Crippen molar-refractivity contribution in [3.05, 3.63) is 48.8 Å². The van der Waals surface area contributed by atoms with Crippen molar-refractivity contribution < 1.29 is 0 Å². The highest BCUT2D eigenvalue weighted by atomic mass is 15.0. The quantitative estimate of drug-likeness (QED) is 0.669. The minimum atomic E-state index is 0.617. The van der Waals surface area contributed by atoms with E-state index in [4.69, 9.17) is 5.73 Å². The summed E-state index contributed by atoms with van der Waals surface area (Å²) in [5.41, 5.74) is 8.71. The molecule has 88 valence electrons. The molecule has 2 aromatic heterocycles. The first kappa shape index (κ1) is 10.5. The zero-order chi connectivity index (χ0) is 12.4. The van der Waals surface area contributed by atoms with Crippen LogP contribution in [0.5, 0.6) is 0 Å². The van der Waals surface area contributed by atoms with Gasteiger partial charge in [0.1, 0.15) is 11.3 Å². The lowest BCUT2D eigenvalue weighted by Crippen LogP contribution is -1.96. The summed E-state index contributed by atoms with van der Waals surface area (Å²) < 4.78 is 0. The van der Waals surface area contributed by atoms with Gasteiger partial charge in [-0.05, 0) is 30.3 Å². The molecule has 0 radical (unpaired) electrons. The highest BCUT2D eigenvalue weighted by Gasteiger charge is 2.00. The van der Waals surface area contributed by atoms with E-state index in [0.717, 1.165) is 11.2 Å². The standard InChI is InChI=1S/C13H11N5/c14-9-2-1-3-10(8-9)17-12-5-4-11-13(18-12)16-7-6-15-11/h1-8H,14H2,(H,16,17,18). The Hall–Kier alpha value is -2.69. The van der Waals surface area contributed by atoms with Crippen LogP contribution in [-0.2, 0) is 0 Å². The number of nitrogens with two attached hydrogens (primary N) is 1. The Morgan fingerprint density at radius 3 is 2.78 bits per heavy atom.